The Bertz CT molecular complexity index is 1390. The molecule has 1 N–H and O–H groups in total. The number of pyridine rings is 1. The molecule has 0 bridgehead atoms. The Morgan fingerprint density at radius 2 is 1.94 bits per heavy atom. The highest BCUT2D eigenvalue weighted by atomic mass is 32.1. The molecule has 0 aliphatic carbocycles. The van der Waals surface area contributed by atoms with E-state index in [0.717, 1.165) is 16.1 Å². The van der Waals surface area contributed by atoms with E-state index in [4.69, 9.17) is 0 Å². The molecule has 1 aromatic carbocycles. The van der Waals surface area contributed by atoms with Crippen LogP contribution in [0.3, 0.4) is 0 Å². The predicted octanol–water partition coefficient (Wildman–Crippen LogP) is 3.56. The third kappa shape index (κ3) is 4.64. The standard InChI is InChI=1S/C26H27N5O3S/c1-18-8-10-19(11-9-18)31-23(32)13-12-20(24(31)21-6-4-17-35-21)25(33)27-14-5-16-30-26(34)29-15-3-2-7-22(29)28-30/h2-4,6-11,15,17,20,24H,5,12-14,16H2,1H3,(H,27,33). The van der Waals surface area contributed by atoms with Crippen molar-refractivity contribution >= 4 is 34.5 Å². The molecule has 8 nitrogen and oxygen atoms in total. The number of rotatable bonds is 7. The highest BCUT2D eigenvalue weighted by Gasteiger charge is 2.41. The Balaban J connectivity index is 1.29. The van der Waals surface area contributed by atoms with E-state index in [1.54, 1.807) is 34.6 Å². The fraction of sp³-hybridized carbons (Fsp3) is 0.308. The minimum absolute atomic E-state index is 0.0301. The number of nitrogens with one attached hydrogen (secondary N) is 1. The summed E-state index contributed by atoms with van der Waals surface area (Å²) in [7, 11) is 0. The van der Waals surface area contributed by atoms with Gasteiger partial charge in [0.15, 0.2) is 5.65 Å². The first-order valence-corrected chi connectivity index (χ1v) is 12.6. The first-order valence-electron chi connectivity index (χ1n) is 11.8. The molecular formula is C26H27N5O3S. The van der Waals surface area contributed by atoms with Crippen molar-refractivity contribution in [3.8, 4) is 0 Å². The SMILES string of the molecule is Cc1ccc(N2C(=O)CCC(C(=O)NCCCn3nc4ccccn4c3=O)C2c2cccs2)cc1. The van der Waals surface area contributed by atoms with Crippen molar-refractivity contribution in [2.75, 3.05) is 11.4 Å². The van der Waals surface area contributed by atoms with Gasteiger partial charge in [0.05, 0.1) is 12.0 Å². The smallest absolute Gasteiger partial charge is 0.350 e. The molecule has 0 saturated carbocycles. The molecule has 1 fully saturated rings. The van der Waals surface area contributed by atoms with E-state index in [9.17, 15) is 14.4 Å². The van der Waals surface area contributed by atoms with Gasteiger partial charge in [-0.05, 0) is 55.5 Å². The fourth-order valence-corrected chi connectivity index (χ4v) is 5.53. The molecule has 9 heteroatoms. The van der Waals surface area contributed by atoms with Gasteiger partial charge in [0.1, 0.15) is 0 Å². The summed E-state index contributed by atoms with van der Waals surface area (Å²) < 4.78 is 2.93. The molecule has 0 radical (unpaired) electrons. The number of carbonyl (C=O) groups excluding carboxylic acids is 2. The number of hydrogen-bond donors (Lipinski definition) is 1. The van der Waals surface area contributed by atoms with Crippen molar-refractivity contribution in [3.05, 3.63) is 87.1 Å². The Morgan fingerprint density at radius 1 is 1.11 bits per heavy atom. The van der Waals surface area contributed by atoms with Gasteiger partial charge in [-0.1, -0.05) is 29.8 Å². The topological polar surface area (TPSA) is 88.7 Å². The molecule has 3 aromatic heterocycles. The predicted molar refractivity (Wildman–Crippen MR) is 136 cm³/mol. The van der Waals surface area contributed by atoms with E-state index < -0.39 is 0 Å². The van der Waals surface area contributed by atoms with Crippen LogP contribution >= 0.6 is 11.3 Å². The summed E-state index contributed by atoms with van der Waals surface area (Å²) in [5.74, 6) is -0.400. The van der Waals surface area contributed by atoms with Gasteiger partial charge in [-0.3, -0.25) is 14.0 Å². The summed E-state index contributed by atoms with van der Waals surface area (Å²) in [6.45, 7) is 2.84. The van der Waals surface area contributed by atoms with Crippen LogP contribution in [0.4, 0.5) is 5.69 Å². The van der Waals surface area contributed by atoms with Gasteiger partial charge in [-0.25, -0.2) is 9.48 Å². The minimum atomic E-state index is -0.356. The average Bonchev–Trinajstić information content (AvgIpc) is 3.51. The zero-order chi connectivity index (χ0) is 24.4. The van der Waals surface area contributed by atoms with E-state index in [1.165, 1.54) is 9.08 Å². The van der Waals surface area contributed by atoms with Crippen LogP contribution in [0.25, 0.3) is 5.65 Å². The van der Waals surface area contributed by atoms with Crippen LogP contribution in [-0.2, 0) is 16.1 Å². The Hall–Kier alpha value is -3.72. The number of anilines is 1. The van der Waals surface area contributed by atoms with Crippen molar-refractivity contribution in [2.24, 2.45) is 5.92 Å². The van der Waals surface area contributed by atoms with E-state index >= 15 is 0 Å². The van der Waals surface area contributed by atoms with E-state index in [-0.39, 0.29) is 29.5 Å². The van der Waals surface area contributed by atoms with E-state index in [1.807, 2.05) is 54.8 Å². The molecule has 1 saturated heterocycles. The number of thiophene rings is 1. The monoisotopic (exact) mass is 489 g/mol. The Morgan fingerprint density at radius 3 is 2.69 bits per heavy atom. The molecule has 2 amide bonds. The van der Waals surface area contributed by atoms with Gasteiger partial charge in [0.25, 0.3) is 0 Å². The van der Waals surface area contributed by atoms with Gasteiger partial charge in [0.2, 0.25) is 11.8 Å². The molecule has 5 rings (SSSR count). The number of aromatic nitrogens is 3. The van der Waals surface area contributed by atoms with Crippen molar-refractivity contribution < 1.29 is 9.59 Å². The lowest BCUT2D eigenvalue weighted by Gasteiger charge is -2.40. The van der Waals surface area contributed by atoms with Crippen LogP contribution in [0, 0.1) is 12.8 Å². The lowest BCUT2D eigenvalue weighted by Crippen LogP contribution is -2.48. The van der Waals surface area contributed by atoms with Crippen molar-refractivity contribution in [3.63, 3.8) is 0 Å². The zero-order valence-corrected chi connectivity index (χ0v) is 20.3. The maximum absolute atomic E-state index is 13.3. The van der Waals surface area contributed by atoms with Crippen LogP contribution in [0.2, 0.25) is 0 Å². The van der Waals surface area contributed by atoms with Crippen LogP contribution in [0.15, 0.2) is 71.0 Å². The largest absolute Gasteiger partial charge is 0.356 e. The number of fused-ring (bicyclic) bond motifs is 1. The number of amides is 2. The number of hydrogen-bond acceptors (Lipinski definition) is 5. The molecule has 1 aliphatic rings. The van der Waals surface area contributed by atoms with Gasteiger partial charge >= 0.3 is 5.69 Å². The number of piperidine rings is 1. The van der Waals surface area contributed by atoms with Gasteiger partial charge < -0.3 is 10.2 Å². The molecular weight excluding hydrogens is 462 g/mol. The minimum Gasteiger partial charge on any atom is -0.356 e. The first-order chi connectivity index (χ1) is 17.0. The second-order valence-corrected chi connectivity index (χ2v) is 9.76. The van der Waals surface area contributed by atoms with Gasteiger partial charge in [-0.15, -0.1) is 16.4 Å². The maximum atomic E-state index is 13.3. The number of nitrogens with zero attached hydrogens (tertiary/aromatic N) is 4. The molecule has 0 spiro atoms. The molecule has 4 heterocycles. The van der Waals surface area contributed by atoms with Gasteiger partial charge in [0, 0.05) is 36.3 Å². The summed E-state index contributed by atoms with van der Waals surface area (Å²) in [4.78, 5) is 41.6. The van der Waals surface area contributed by atoms with Gasteiger partial charge in [-0.2, -0.15) is 0 Å². The lowest BCUT2D eigenvalue weighted by molar-refractivity contribution is -0.129. The third-order valence-corrected chi connectivity index (χ3v) is 7.36. The molecule has 180 valence electrons. The normalized spacial score (nSPS) is 18.2. The third-order valence-electron chi connectivity index (χ3n) is 6.42. The molecule has 4 aromatic rings. The van der Waals surface area contributed by atoms with Crippen LogP contribution in [0.1, 0.15) is 35.7 Å². The first kappa shape index (κ1) is 23.0. The molecule has 35 heavy (non-hydrogen) atoms. The quantitative estimate of drug-likeness (QED) is 0.402. The Kier molecular flexibility index (Phi) is 6.50. The maximum Gasteiger partial charge on any atom is 0.350 e. The highest BCUT2D eigenvalue weighted by molar-refractivity contribution is 7.10. The van der Waals surface area contributed by atoms with E-state index in [2.05, 4.69) is 10.4 Å². The molecule has 1 aliphatic heterocycles. The summed E-state index contributed by atoms with van der Waals surface area (Å²) in [6.07, 6.45) is 3.09. The molecule has 2 unspecified atom stereocenters. The Labute approximate surface area is 206 Å². The average molecular weight is 490 g/mol. The zero-order valence-electron chi connectivity index (χ0n) is 19.5. The van der Waals surface area contributed by atoms with Crippen LogP contribution in [-0.4, -0.2) is 32.5 Å². The number of carbonyl (C=O) groups is 2. The van der Waals surface area contributed by atoms with Crippen molar-refractivity contribution in [1.29, 1.82) is 0 Å². The summed E-state index contributed by atoms with van der Waals surface area (Å²) in [5.41, 5.74) is 2.33. The number of benzene rings is 1. The number of aryl methyl sites for hydroxylation is 2. The summed E-state index contributed by atoms with van der Waals surface area (Å²) in [6, 6.07) is 16.9. The van der Waals surface area contributed by atoms with Crippen molar-refractivity contribution in [2.45, 2.75) is 38.8 Å². The van der Waals surface area contributed by atoms with E-state index in [0.29, 0.717) is 38.0 Å². The summed E-state index contributed by atoms with van der Waals surface area (Å²) in [5, 5.41) is 9.35. The highest BCUT2D eigenvalue weighted by Crippen LogP contribution is 2.41. The second kappa shape index (κ2) is 9.87. The fourth-order valence-electron chi connectivity index (χ4n) is 4.65. The molecule has 2 atom stereocenters. The van der Waals surface area contributed by atoms with Crippen LogP contribution < -0.4 is 15.9 Å². The second-order valence-electron chi connectivity index (χ2n) is 8.78. The van der Waals surface area contributed by atoms with Crippen molar-refractivity contribution in [1.82, 2.24) is 19.5 Å². The summed E-state index contributed by atoms with van der Waals surface area (Å²) >= 11 is 1.56. The van der Waals surface area contributed by atoms with Crippen LogP contribution in [0.5, 0.6) is 0 Å². The lowest BCUT2D eigenvalue weighted by atomic mass is 9.86.